The summed E-state index contributed by atoms with van der Waals surface area (Å²) in [6.07, 6.45) is 3.92. The molecule has 36 heavy (non-hydrogen) atoms. The molecule has 8 nitrogen and oxygen atoms in total. The fourth-order valence-electron chi connectivity index (χ4n) is 3.42. The summed E-state index contributed by atoms with van der Waals surface area (Å²) in [6.45, 7) is 1.62. The van der Waals surface area contributed by atoms with Crippen molar-refractivity contribution < 1.29 is 28.2 Å². The molecule has 1 aromatic heterocycles. The number of aryl methyl sites for hydroxylation is 1. The number of thioether (sulfide) groups is 1. The van der Waals surface area contributed by atoms with E-state index >= 15 is 0 Å². The number of nitrogens with two attached hydrogens (primary N) is 1. The van der Waals surface area contributed by atoms with E-state index in [2.05, 4.69) is 29.2 Å². The van der Waals surface area contributed by atoms with Crippen LogP contribution >= 0.6 is 11.8 Å². The van der Waals surface area contributed by atoms with Crippen LogP contribution in [0, 0.1) is 6.92 Å². The van der Waals surface area contributed by atoms with E-state index < -0.39 is 22.0 Å². The van der Waals surface area contributed by atoms with Gasteiger partial charge in [-0.15, -0.1) is 11.8 Å². The van der Waals surface area contributed by atoms with Crippen LogP contribution in [0.25, 0.3) is 22.4 Å². The Balaban J connectivity index is 0.000000236. The molecule has 4 rings (SSSR count). The second-order valence-electron chi connectivity index (χ2n) is 7.70. The Labute approximate surface area is 212 Å². The third kappa shape index (κ3) is 6.42. The van der Waals surface area contributed by atoms with Gasteiger partial charge in [-0.25, -0.2) is 23.1 Å². The Morgan fingerprint density at radius 3 is 2.00 bits per heavy atom. The summed E-state index contributed by atoms with van der Waals surface area (Å²) >= 11 is 1.70. The minimum Gasteiger partial charge on any atom is -0.478 e. The lowest BCUT2D eigenvalue weighted by molar-refractivity contribution is 0.0695. The van der Waals surface area contributed by atoms with Crippen LogP contribution in [-0.2, 0) is 10.0 Å². The lowest BCUT2D eigenvalue weighted by Gasteiger charge is -2.07. The molecule has 0 atom stereocenters. The number of H-pyrrole nitrogens is 1. The van der Waals surface area contributed by atoms with Crippen LogP contribution in [0.1, 0.15) is 26.3 Å². The maximum absolute atomic E-state index is 11.3. The van der Waals surface area contributed by atoms with Crippen molar-refractivity contribution in [2.45, 2.75) is 16.7 Å². The molecule has 0 radical (unpaired) electrons. The SMILES string of the molecule is CSc1ccc(-c2cc[nH]c2-c2ccc(S(N)(=O)=O)cc2)cc1.Cc1ccc(C(=O)O)cc1C(=O)O. The number of nitrogens with one attached hydrogen (secondary N) is 1. The quantitative estimate of drug-likeness (QED) is 0.256. The van der Waals surface area contributed by atoms with Gasteiger partial charge in [0, 0.05) is 16.7 Å². The highest BCUT2D eigenvalue weighted by Crippen LogP contribution is 2.32. The van der Waals surface area contributed by atoms with Gasteiger partial charge in [0.25, 0.3) is 0 Å². The maximum atomic E-state index is 11.3. The number of carbonyl (C=O) groups is 2. The van der Waals surface area contributed by atoms with E-state index in [1.165, 1.54) is 29.2 Å². The lowest BCUT2D eigenvalue weighted by Crippen LogP contribution is -2.11. The highest BCUT2D eigenvalue weighted by molar-refractivity contribution is 7.98. The van der Waals surface area contributed by atoms with Gasteiger partial charge in [-0.1, -0.05) is 30.3 Å². The molecule has 0 aliphatic rings. The van der Waals surface area contributed by atoms with Crippen LogP contribution in [0.15, 0.2) is 88.8 Å². The molecule has 0 aliphatic heterocycles. The molecule has 0 bridgehead atoms. The van der Waals surface area contributed by atoms with Crippen molar-refractivity contribution in [3.8, 4) is 22.4 Å². The highest BCUT2D eigenvalue weighted by Gasteiger charge is 2.12. The largest absolute Gasteiger partial charge is 0.478 e. The number of sulfonamides is 1. The Morgan fingerprint density at radius 1 is 0.861 bits per heavy atom. The summed E-state index contributed by atoms with van der Waals surface area (Å²) < 4.78 is 22.7. The summed E-state index contributed by atoms with van der Waals surface area (Å²) in [5.74, 6) is -2.23. The van der Waals surface area contributed by atoms with Crippen LogP contribution in [0.2, 0.25) is 0 Å². The van der Waals surface area contributed by atoms with Crippen LogP contribution in [-0.4, -0.2) is 41.8 Å². The number of aromatic amines is 1. The zero-order valence-corrected chi connectivity index (χ0v) is 21.1. The van der Waals surface area contributed by atoms with Crippen molar-refractivity contribution >= 4 is 33.7 Å². The average Bonchev–Trinajstić information content (AvgIpc) is 3.34. The third-order valence-electron chi connectivity index (χ3n) is 5.33. The van der Waals surface area contributed by atoms with Gasteiger partial charge in [-0.2, -0.15) is 0 Å². The number of hydrogen-bond donors (Lipinski definition) is 4. The standard InChI is InChI=1S/C17H16N2O2S2.C9H8O4/c1-22-14-6-2-12(3-7-14)16-10-11-19-17(16)13-4-8-15(9-5-13)23(18,20)21;1-5-2-3-6(8(10)11)4-7(5)9(12)13/h2-11,19H,1H3,(H2,18,20,21);2-4H,1H3,(H,10,11)(H,12,13). The fourth-order valence-corrected chi connectivity index (χ4v) is 4.34. The fraction of sp³-hybridized carbons (Fsp3) is 0.0769. The van der Waals surface area contributed by atoms with Crippen molar-refractivity contribution in [2.75, 3.05) is 6.26 Å². The molecule has 1 heterocycles. The summed E-state index contributed by atoms with van der Waals surface area (Å²) in [5.41, 5.74) is 4.60. The van der Waals surface area contributed by atoms with Crippen molar-refractivity contribution in [1.29, 1.82) is 0 Å². The summed E-state index contributed by atoms with van der Waals surface area (Å²) in [4.78, 5) is 25.6. The normalized spacial score (nSPS) is 10.9. The summed E-state index contributed by atoms with van der Waals surface area (Å²) in [5, 5.41) is 22.4. The molecular formula is C26H24N2O6S2. The number of aromatic carboxylic acids is 2. The highest BCUT2D eigenvalue weighted by atomic mass is 32.2. The van der Waals surface area contributed by atoms with Crippen LogP contribution in [0.4, 0.5) is 0 Å². The second-order valence-corrected chi connectivity index (χ2v) is 10.1. The van der Waals surface area contributed by atoms with Gasteiger partial charge in [-0.05, 0) is 72.3 Å². The van der Waals surface area contributed by atoms with Gasteiger partial charge in [-0.3, -0.25) is 0 Å². The molecule has 0 saturated heterocycles. The van der Waals surface area contributed by atoms with Crippen molar-refractivity contribution in [3.05, 3.63) is 95.7 Å². The summed E-state index contributed by atoms with van der Waals surface area (Å²) in [7, 11) is -3.67. The van der Waals surface area contributed by atoms with E-state index in [4.69, 9.17) is 15.4 Å². The number of aromatic nitrogens is 1. The molecule has 0 fully saturated rings. The minimum atomic E-state index is -3.67. The van der Waals surface area contributed by atoms with Gasteiger partial charge < -0.3 is 15.2 Å². The zero-order valence-electron chi connectivity index (χ0n) is 19.4. The molecule has 10 heteroatoms. The Hall–Kier alpha value is -3.86. The maximum Gasteiger partial charge on any atom is 0.335 e. The predicted octanol–water partition coefficient (Wildman–Crippen LogP) is 5.11. The van der Waals surface area contributed by atoms with E-state index in [0.717, 1.165) is 28.5 Å². The van der Waals surface area contributed by atoms with Gasteiger partial charge in [0.05, 0.1) is 21.7 Å². The number of primary sulfonamides is 1. The molecule has 0 unspecified atom stereocenters. The number of carboxylic acids is 2. The molecule has 186 valence electrons. The summed E-state index contributed by atoms with van der Waals surface area (Å²) in [6, 6.07) is 20.9. The first kappa shape index (κ1) is 26.7. The number of benzene rings is 3. The molecule has 4 aromatic rings. The van der Waals surface area contributed by atoms with E-state index in [-0.39, 0.29) is 16.0 Å². The van der Waals surface area contributed by atoms with Crippen LogP contribution < -0.4 is 5.14 Å². The number of rotatable bonds is 6. The van der Waals surface area contributed by atoms with Gasteiger partial charge in [0.2, 0.25) is 10.0 Å². The third-order valence-corrected chi connectivity index (χ3v) is 7.01. The minimum absolute atomic E-state index is 0.0111. The van der Waals surface area contributed by atoms with Crippen molar-refractivity contribution in [2.24, 2.45) is 5.14 Å². The van der Waals surface area contributed by atoms with Crippen LogP contribution in [0.5, 0.6) is 0 Å². The molecule has 5 N–H and O–H groups in total. The van der Waals surface area contributed by atoms with E-state index in [1.54, 1.807) is 30.8 Å². The zero-order chi connectivity index (χ0) is 26.5. The van der Waals surface area contributed by atoms with Crippen molar-refractivity contribution in [3.63, 3.8) is 0 Å². The predicted molar refractivity (Wildman–Crippen MR) is 140 cm³/mol. The van der Waals surface area contributed by atoms with E-state index in [0.29, 0.717) is 5.56 Å². The lowest BCUT2D eigenvalue weighted by atomic mass is 10.0. The average molecular weight is 525 g/mol. The van der Waals surface area contributed by atoms with Gasteiger partial charge in [0.1, 0.15) is 0 Å². The van der Waals surface area contributed by atoms with Crippen molar-refractivity contribution in [1.82, 2.24) is 4.98 Å². The molecule has 0 aliphatic carbocycles. The molecular weight excluding hydrogens is 500 g/mol. The van der Waals surface area contributed by atoms with E-state index in [9.17, 15) is 18.0 Å². The Kier molecular flexibility index (Phi) is 8.36. The van der Waals surface area contributed by atoms with E-state index in [1.807, 2.05) is 18.5 Å². The number of carboxylic acid groups (broad SMARTS) is 2. The Morgan fingerprint density at radius 2 is 1.47 bits per heavy atom. The Bertz CT molecular complexity index is 1490. The first-order valence-electron chi connectivity index (χ1n) is 10.5. The topological polar surface area (TPSA) is 151 Å². The van der Waals surface area contributed by atoms with Crippen LogP contribution in [0.3, 0.4) is 0 Å². The molecule has 0 spiro atoms. The smallest absolute Gasteiger partial charge is 0.335 e. The first-order chi connectivity index (χ1) is 17.0. The number of hydrogen-bond acceptors (Lipinski definition) is 5. The molecule has 0 amide bonds. The van der Waals surface area contributed by atoms with Gasteiger partial charge >= 0.3 is 11.9 Å². The monoisotopic (exact) mass is 524 g/mol. The van der Waals surface area contributed by atoms with Gasteiger partial charge in [0.15, 0.2) is 0 Å². The molecule has 0 saturated carbocycles. The molecule has 3 aromatic carbocycles. The second kappa shape index (κ2) is 11.3. The first-order valence-corrected chi connectivity index (χ1v) is 13.3.